The zero-order valence-electron chi connectivity index (χ0n) is 14.9. The van der Waals surface area contributed by atoms with Gasteiger partial charge in [-0.15, -0.1) is 0 Å². The zero-order chi connectivity index (χ0) is 20.3. The van der Waals surface area contributed by atoms with E-state index in [1.54, 1.807) is 18.2 Å². The number of aromatic nitrogens is 1. The first-order valence-corrected chi connectivity index (χ1v) is 8.04. The van der Waals surface area contributed by atoms with Crippen molar-refractivity contribution >= 4 is 11.6 Å². The first-order chi connectivity index (χ1) is 13.4. The third-order valence-electron chi connectivity index (χ3n) is 3.88. The lowest BCUT2D eigenvalue weighted by molar-refractivity contribution is -0.115. The summed E-state index contributed by atoms with van der Waals surface area (Å²) in [6.45, 7) is 0. The summed E-state index contributed by atoms with van der Waals surface area (Å²) in [6, 6.07) is 8.28. The summed E-state index contributed by atoms with van der Waals surface area (Å²) in [5, 5.41) is 5.96. The summed E-state index contributed by atoms with van der Waals surface area (Å²) in [4.78, 5) is 12.0. The van der Waals surface area contributed by atoms with Crippen LogP contribution in [0.3, 0.4) is 0 Å². The Morgan fingerprint density at radius 1 is 1.04 bits per heavy atom. The van der Waals surface area contributed by atoms with Crippen molar-refractivity contribution in [2.24, 2.45) is 0 Å². The number of rotatable bonds is 6. The van der Waals surface area contributed by atoms with Gasteiger partial charge in [-0.25, -0.2) is 13.2 Å². The van der Waals surface area contributed by atoms with Crippen LogP contribution >= 0.6 is 0 Å². The number of anilines is 1. The van der Waals surface area contributed by atoms with Crippen LogP contribution in [-0.2, 0) is 11.2 Å². The Hall–Kier alpha value is -3.49. The molecule has 0 bridgehead atoms. The van der Waals surface area contributed by atoms with E-state index in [2.05, 4.69) is 10.5 Å². The number of carbonyl (C=O) groups is 1. The quantitative estimate of drug-likeness (QED) is 0.643. The Kier molecular flexibility index (Phi) is 5.53. The first-order valence-electron chi connectivity index (χ1n) is 8.04. The monoisotopic (exact) mass is 392 g/mol. The van der Waals surface area contributed by atoms with Crippen molar-refractivity contribution in [2.75, 3.05) is 19.5 Å². The average molecular weight is 392 g/mol. The summed E-state index contributed by atoms with van der Waals surface area (Å²) in [5.74, 6) is -3.73. The Bertz CT molecular complexity index is 1020. The molecule has 9 heteroatoms. The number of hydrogen-bond acceptors (Lipinski definition) is 5. The molecule has 1 N–H and O–H groups in total. The lowest BCUT2D eigenvalue weighted by Gasteiger charge is -2.07. The molecule has 1 aromatic heterocycles. The Labute approximate surface area is 157 Å². The van der Waals surface area contributed by atoms with Crippen LogP contribution in [0.2, 0.25) is 0 Å². The van der Waals surface area contributed by atoms with Gasteiger partial charge in [-0.2, -0.15) is 0 Å². The number of halogens is 3. The van der Waals surface area contributed by atoms with E-state index in [1.807, 2.05) is 0 Å². The zero-order valence-corrected chi connectivity index (χ0v) is 14.9. The molecular formula is C19H15F3N2O4. The summed E-state index contributed by atoms with van der Waals surface area (Å²) in [6.07, 6.45) is -0.255. The van der Waals surface area contributed by atoms with E-state index >= 15 is 0 Å². The molecule has 0 aliphatic carbocycles. The highest BCUT2D eigenvalue weighted by Crippen LogP contribution is 2.32. The molecule has 0 fully saturated rings. The Balaban J connectivity index is 1.73. The van der Waals surface area contributed by atoms with Gasteiger partial charge in [-0.3, -0.25) is 4.79 Å². The molecule has 0 aliphatic rings. The minimum atomic E-state index is -1.66. The number of carbonyl (C=O) groups excluding carboxylic acids is 1. The lowest BCUT2D eigenvalue weighted by atomic mass is 10.1. The molecule has 0 saturated carbocycles. The van der Waals surface area contributed by atoms with Crippen molar-refractivity contribution in [1.29, 1.82) is 0 Å². The van der Waals surface area contributed by atoms with Gasteiger partial charge in [0.15, 0.2) is 34.7 Å². The van der Waals surface area contributed by atoms with Gasteiger partial charge in [0.05, 0.1) is 32.0 Å². The van der Waals surface area contributed by atoms with Crippen LogP contribution in [0.5, 0.6) is 11.5 Å². The van der Waals surface area contributed by atoms with Gasteiger partial charge in [-0.1, -0.05) is 5.16 Å². The highest BCUT2D eigenvalue weighted by molar-refractivity contribution is 5.92. The van der Waals surface area contributed by atoms with Crippen molar-refractivity contribution in [3.8, 4) is 22.8 Å². The van der Waals surface area contributed by atoms with E-state index in [0.29, 0.717) is 22.8 Å². The van der Waals surface area contributed by atoms with Crippen LogP contribution in [-0.4, -0.2) is 25.3 Å². The summed E-state index contributed by atoms with van der Waals surface area (Å²) in [5.41, 5.74) is 0.446. The fraction of sp³-hybridized carbons (Fsp3) is 0.158. The van der Waals surface area contributed by atoms with Crippen molar-refractivity contribution in [3.63, 3.8) is 0 Å². The second-order valence-corrected chi connectivity index (χ2v) is 5.70. The molecule has 2 aromatic carbocycles. The second-order valence-electron chi connectivity index (χ2n) is 5.70. The van der Waals surface area contributed by atoms with E-state index in [9.17, 15) is 18.0 Å². The number of benzene rings is 2. The maximum absolute atomic E-state index is 13.6. The maximum Gasteiger partial charge on any atom is 0.230 e. The fourth-order valence-electron chi connectivity index (χ4n) is 2.50. The number of nitrogens with zero attached hydrogens (tertiary/aromatic N) is 1. The average Bonchev–Trinajstić information content (AvgIpc) is 3.16. The fourth-order valence-corrected chi connectivity index (χ4v) is 2.50. The van der Waals surface area contributed by atoms with Gasteiger partial charge < -0.3 is 19.3 Å². The molecule has 6 nitrogen and oxygen atoms in total. The number of nitrogens with one attached hydrogen (secondary N) is 1. The molecule has 28 heavy (non-hydrogen) atoms. The number of hydrogen-bond donors (Lipinski definition) is 1. The van der Waals surface area contributed by atoms with Crippen LogP contribution in [0.1, 0.15) is 5.69 Å². The molecule has 1 heterocycles. The largest absolute Gasteiger partial charge is 0.493 e. The molecule has 3 aromatic rings. The van der Waals surface area contributed by atoms with Crippen molar-refractivity contribution in [1.82, 2.24) is 5.16 Å². The molecule has 146 valence electrons. The standard InChI is InChI=1S/C19H15F3N2O4/c1-26-14-6-3-10(7-16(14)27-2)15-8-11(24-28-15)9-17(25)23-13-5-4-12(20)18(21)19(13)22/h3-8H,9H2,1-2H3,(H,23,25). The van der Waals surface area contributed by atoms with E-state index < -0.39 is 29.0 Å². The highest BCUT2D eigenvalue weighted by atomic mass is 19.2. The number of methoxy groups -OCH3 is 2. The molecule has 3 rings (SSSR count). The van der Waals surface area contributed by atoms with Crippen molar-refractivity contribution < 1.29 is 32.0 Å². The van der Waals surface area contributed by atoms with Crippen LogP contribution in [0.15, 0.2) is 40.9 Å². The topological polar surface area (TPSA) is 73.6 Å². The van der Waals surface area contributed by atoms with Gasteiger partial charge in [0.25, 0.3) is 0 Å². The van der Waals surface area contributed by atoms with Gasteiger partial charge in [0.2, 0.25) is 5.91 Å². The van der Waals surface area contributed by atoms with E-state index in [-0.39, 0.29) is 12.1 Å². The van der Waals surface area contributed by atoms with Gasteiger partial charge >= 0.3 is 0 Å². The summed E-state index contributed by atoms with van der Waals surface area (Å²) < 4.78 is 55.4. The SMILES string of the molecule is COc1ccc(-c2cc(CC(=O)Nc3ccc(F)c(F)c3F)no2)cc1OC. The molecule has 0 spiro atoms. The summed E-state index contributed by atoms with van der Waals surface area (Å²) in [7, 11) is 3.01. The predicted molar refractivity (Wildman–Crippen MR) is 93.7 cm³/mol. The predicted octanol–water partition coefficient (Wildman–Crippen LogP) is 3.96. The van der Waals surface area contributed by atoms with Crippen LogP contribution in [0.4, 0.5) is 18.9 Å². The van der Waals surface area contributed by atoms with Gasteiger partial charge in [0, 0.05) is 11.6 Å². The third kappa shape index (κ3) is 3.93. The normalized spacial score (nSPS) is 10.6. The smallest absolute Gasteiger partial charge is 0.230 e. The number of amides is 1. The molecule has 1 amide bonds. The minimum Gasteiger partial charge on any atom is -0.493 e. The van der Waals surface area contributed by atoms with Crippen LogP contribution < -0.4 is 14.8 Å². The molecule has 0 radical (unpaired) electrons. The van der Waals surface area contributed by atoms with E-state index in [1.165, 1.54) is 20.3 Å². The van der Waals surface area contributed by atoms with E-state index in [4.69, 9.17) is 14.0 Å². The Morgan fingerprint density at radius 2 is 1.79 bits per heavy atom. The molecule has 0 saturated heterocycles. The first kappa shape index (κ1) is 19.3. The lowest BCUT2D eigenvalue weighted by Crippen LogP contribution is -2.16. The molecule has 0 unspecified atom stereocenters. The molecular weight excluding hydrogens is 377 g/mol. The molecule has 0 atom stereocenters. The summed E-state index contributed by atoms with van der Waals surface area (Å²) >= 11 is 0. The molecule has 0 aliphatic heterocycles. The highest BCUT2D eigenvalue weighted by Gasteiger charge is 2.17. The van der Waals surface area contributed by atoms with Gasteiger partial charge in [-0.05, 0) is 30.3 Å². The van der Waals surface area contributed by atoms with Crippen molar-refractivity contribution in [2.45, 2.75) is 6.42 Å². The second kappa shape index (κ2) is 8.03. The minimum absolute atomic E-state index is 0.255. The van der Waals surface area contributed by atoms with Gasteiger partial charge in [0.1, 0.15) is 0 Å². The van der Waals surface area contributed by atoms with E-state index in [0.717, 1.165) is 12.1 Å². The third-order valence-corrected chi connectivity index (χ3v) is 3.88. The van der Waals surface area contributed by atoms with Crippen LogP contribution in [0.25, 0.3) is 11.3 Å². The number of ether oxygens (including phenoxy) is 2. The maximum atomic E-state index is 13.6. The van der Waals surface area contributed by atoms with Crippen molar-refractivity contribution in [3.05, 3.63) is 59.5 Å². The Morgan fingerprint density at radius 3 is 2.50 bits per heavy atom. The van der Waals surface area contributed by atoms with Crippen LogP contribution in [0, 0.1) is 17.5 Å².